The molecule has 3 nitrogen and oxygen atoms in total. The van der Waals surface area contributed by atoms with Gasteiger partial charge in [-0.15, -0.1) is 12.4 Å². The molecule has 0 spiro atoms. The van der Waals surface area contributed by atoms with Crippen molar-refractivity contribution in [3.05, 3.63) is 35.6 Å². The first-order valence-corrected chi connectivity index (χ1v) is 6.20. The van der Waals surface area contributed by atoms with Crippen molar-refractivity contribution in [1.29, 1.82) is 0 Å². The molecule has 19 heavy (non-hydrogen) atoms. The summed E-state index contributed by atoms with van der Waals surface area (Å²) in [5.41, 5.74) is 6.54. The number of amides is 1. The van der Waals surface area contributed by atoms with Gasteiger partial charge in [-0.3, -0.25) is 4.79 Å². The molecule has 0 heterocycles. The lowest BCUT2D eigenvalue weighted by Gasteiger charge is -2.23. The predicted molar refractivity (Wildman–Crippen MR) is 77.8 cm³/mol. The van der Waals surface area contributed by atoms with Crippen LogP contribution in [0.15, 0.2) is 24.3 Å². The molecule has 0 aliphatic heterocycles. The summed E-state index contributed by atoms with van der Waals surface area (Å²) in [7, 11) is 0. The smallest absolute Gasteiger partial charge is 0.236 e. The van der Waals surface area contributed by atoms with Gasteiger partial charge in [-0.1, -0.05) is 26.0 Å². The number of benzene rings is 1. The van der Waals surface area contributed by atoms with Crippen LogP contribution in [0, 0.1) is 11.7 Å². The molecule has 0 aliphatic rings. The number of nitrogens with one attached hydrogen (secondary N) is 1. The molecule has 108 valence electrons. The Balaban J connectivity index is 0.00000324. The summed E-state index contributed by atoms with van der Waals surface area (Å²) in [6.07, 6.45) is 0.677. The zero-order valence-electron chi connectivity index (χ0n) is 11.5. The maximum Gasteiger partial charge on any atom is 0.236 e. The fraction of sp³-hybridized carbons (Fsp3) is 0.500. The second-order valence-electron chi connectivity index (χ2n) is 4.98. The summed E-state index contributed by atoms with van der Waals surface area (Å²) >= 11 is 0. The highest BCUT2D eigenvalue weighted by molar-refractivity contribution is 5.85. The number of rotatable bonds is 5. The van der Waals surface area contributed by atoms with E-state index in [1.165, 1.54) is 12.1 Å². The van der Waals surface area contributed by atoms with E-state index in [-0.39, 0.29) is 36.1 Å². The molecule has 0 radical (unpaired) electrons. The first kappa shape index (κ1) is 17.9. The monoisotopic (exact) mass is 288 g/mol. The van der Waals surface area contributed by atoms with Crippen molar-refractivity contribution in [1.82, 2.24) is 5.32 Å². The number of nitrogens with two attached hydrogens (primary N) is 1. The average Bonchev–Trinajstić information content (AvgIpc) is 2.30. The van der Waals surface area contributed by atoms with E-state index < -0.39 is 6.04 Å². The Bertz CT molecular complexity index is 393. The SMILES string of the molecule is CC(C)C(Cc1ccc(F)cc1)NC(=O)[C@H](C)N.Cl. The fourth-order valence-electron chi connectivity index (χ4n) is 1.64. The normalized spacial score (nSPS) is 13.6. The van der Waals surface area contributed by atoms with Gasteiger partial charge in [0.15, 0.2) is 0 Å². The van der Waals surface area contributed by atoms with Crippen LogP contribution in [0.1, 0.15) is 26.3 Å². The molecule has 2 atom stereocenters. The third kappa shape index (κ3) is 6.03. The molecule has 5 heteroatoms. The van der Waals surface area contributed by atoms with Gasteiger partial charge in [-0.05, 0) is 37.0 Å². The fourth-order valence-corrected chi connectivity index (χ4v) is 1.64. The minimum Gasteiger partial charge on any atom is -0.351 e. The molecule has 3 N–H and O–H groups in total. The highest BCUT2D eigenvalue weighted by Crippen LogP contribution is 2.11. The summed E-state index contributed by atoms with van der Waals surface area (Å²) in [6.45, 7) is 5.73. The first-order chi connectivity index (χ1) is 8.40. The Kier molecular flexibility index (Phi) is 7.64. The molecule has 0 saturated heterocycles. The van der Waals surface area contributed by atoms with Crippen LogP contribution in [0.2, 0.25) is 0 Å². The predicted octanol–water partition coefficient (Wildman–Crippen LogP) is 2.28. The Hall–Kier alpha value is -1.13. The Labute approximate surface area is 120 Å². The molecule has 1 aromatic carbocycles. The topological polar surface area (TPSA) is 55.1 Å². The molecule has 0 fully saturated rings. The van der Waals surface area contributed by atoms with Gasteiger partial charge in [0.1, 0.15) is 5.82 Å². The molecular formula is C14H22ClFN2O. The quantitative estimate of drug-likeness (QED) is 0.873. The largest absolute Gasteiger partial charge is 0.351 e. The first-order valence-electron chi connectivity index (χ1n) is 6.20. The second-order valence-corrected chi connectivity index (χ2v) is 4.98. The van der Waals surface area contributed by atoms with Crippen molar-refractivity contribution < 1.29 is 9.18 Å². The molecule has 0 aromatic heterocycles. The lowest BCUT2D eigenvalue weighted by atomic mass is 9.96. The van der Waals surface area contributed by atoms with E-state index in [0.29, 0.717) is 6.42 Å². The maximum absolute atomic E-state index is 12.8. The van der Waals surface area contributed by atoms with Crippen LogP contribution in [0.3, 0.4) is 0 Å². The van der Waals surface area contributed by atoms with Crippen molar-refractivity contribution >= 4 is 18.3 Å². The van der Waals surface area contributed by atoms with E-state index in [0.717, 1.165) is 5.56 Å². The van der Waals surface area contributed by atoms with Gasteiger partial charge in [0.05, 0.1) is 6.04 Å². The third-order valence-corrected chi connectivity index (χ3v) is 2.91. The highest BCUT2D eigenvalue weighted by atomic mass is 35.5. The zero-order chi connectivity index (χ0) is 13.7. The van der Waals surface area contributed by atoms with Gasteiger partial charge in [0.25, 0.3) is 0 Å². The minimum absolute atomic E-state index is 0. The minimum atomic E-state index is -0.514. The standard InChI is InChI=1S/C14H21FN2O.ClH/c1-9(2)13(17-14(18)10(3)16)8-11-4-6-12(15)7-5-11;/h4-7,9-10,13H,8,16H2,1-3H3,(H,17,18);1H/t10-,13?;/m0./s1. The number of carbonyl (C=O) groups is 1. The second kappa shape index (κ2) is 8.12. The van der Waals surface area contributed by atoms with E-state index in [1.807, 2.05) is 13.8 Å². The van der Waals surface area contributed by atoms with Crippen LogP contribution in [0.4, 0.5) is 4.39 Å². The summed E-state index contributed by atoms with van der Waals surface area (Å²) < 4.78 is 12.8. The molecule has 0 aliphatic carbocycles. The lowest BCUT2D eigenvalue weighted by Crippen LogP contribution is -2.46. The van der Waals surface area contributed by atoms with Gasteiger partial charge in [0.2, 0.25) is 5.91 Å². The van der Waals surface area contributed by atoms with E-state index in [4.69, 9.17) is 5.73 Å². The van der Waals surface area contributed by atoms with Crippen LogP contribution in [-0.4, -0.2) is 18.0 Å². The Morgan fingerprint density at radius 2 is 1.79 bits per heavy atom. The Morgan fingerprint density at radius 3 is 2.21 bits per heavy atom. The number of hydrogen-bond donors (Lipinski definition) is 2. The summed E-state index contributed by atoms with van der Waals surface area (Å²) in [5.74, 6) is -0.118. The maximum atomic E-state index is 12.8. The lowest BCUT2D eigenvalue weighted by molar-refractivity contribution is -0.123. The van der Waals surface area contributed by atoms with Crippen LogP contribution in [0.5, 0.6) is 0 Å². The number of hydrogen-bond acceptors (Lipinski definition) is 2. The molecule has 0 bridgehead atoms. The summed E-state index contributed by atoms with van der Waals surface area (Å²) in [6, 6.07) is 5.83. The van der Waals surface area contributed by atoms with E-state index in [9.17, 15) is 9.18 Å². The molecular weight excluding hydrogens is 267 g/mol. The van der Waals surface area contributed by atoms with Crippen molar-refractivity contribution in [2.45, 2.75) is 39.3 Å². The van der Waals surface area contributed by atoms with Crippen molar-refractivity contribution in [3.8, 4) is 0 Å². The highest BCUT2D eigenvalue weighted by Gasteiger charge is 2.18. The molecule has 1 amide bonds. The molecule has 1 unspecified atom stereocenters. The van der Waals surface area contributed by atoms with Gasteiger partial charge in [0, 0.05) is 6.04 Å². The van der Waals surface area contributed by atoms with Crippen LogP contribution in [-0.2, 0) is 11.2 Å². The van der Waals surface area contributed by atoms with E-state index >= 15 is 0 Å². The summed E-state index contributed by atoms with van der Waals surface area (Å²) in [4.78, 5) is 11.6. The van der Waals surface area contributed by atoms with Gasteiger partial charge in [-0.2, -0.15) is 0 Å². The Morgan fingerprint density at radius 1 is 1.26 bits per heavy atom. The number of carbonyl (C=O) groups excluding carboxylic acids is 1. The zero-order valence-corrected chi connectivity index (χ0v) is 12.3. The van der Waals surface area contributed by atoms with Crippen molar-refractivity contribution in [2.75, 3.05) is 0 Å². The van der Waals surface area contributed by atoms with Crippen molar-refractivity contribution in [3.63, 3.8) is 0 Å². The summed E-state index contributed by atoms with van der Waals surface area (Å²) in [5, 5.41) is 2.92. The molecule has 1 aromatic rings. The van der Waals surface area contributed by atoms with Crippen LogP contribution in [0.25, 0.3) is 0 Å². The van der Waals surface area contributed by atoms with Gasteiger partial charge in [-0.25, -0.2) is 4.39 Å². The third-order valence-electron chi connectivity index (χ3n) is 2.91. The number of halogens is 2. The van der Waals surface area contributed by atoms with E-state index in [2.05, 4.69) is 5.32 Å². The van der Waals surface area contributed by atoms with Crippen LogP contribution >= 0.6 is 12.4 Å². The molecule has 1 rings (SSSR count). The van der Waals surface area contributed by atoms with Gasteiger partial charge < -0.3 is 11.1 Å². The average molecular weight is 289 g/mol. The molecule has 0 saturated carbocycles. The van der Waals surface area contributed by atoms with Crippen molar-refractivity contribution in [2.24, 2.45) is 11.7 Å². The van der Waals surface area contributed by atoms with Gasteiger partial charge >= 0.3 is 0 Å². The van der Waals surface area contributed by atoms with E-state index in [1.54, 1.807) is 19.1 Å². The van der Waals surface area contributed by atoms with Crippen LogP contribution < -0.4 is 11.1 Å².